The standard InChI is InChI=1S/C13H12N6/c1-8-11(9-5-3-2-4-6-9)16-13(17-12(8)14)10-7-15-19-18-10/h2-7H,1H3,(H2,14,16,17)(H,15,18,19). The fourth-order valence-corrected chi connectivity index (χ4v) is 1.83. The Morgan fingerprint density at radius 1 is 1.11 bits per heavy atom. The molecule has 0 aliphatic carbocycles. The Bertz CT molecular complexity index is 691. The number of anilines is 1. The van der Waals surface area contributed by atoms with Gasteiger partial charge in [0.15, 0.2) is 5.82 Å². The molecule has 0 saturated carbocycles. The molecule has 94 valence electrons. The monoisotopic (exact) mass is 252 g/mol. The molecule has 2 aromatic heterocycles. The second kappa shape index (κ2) is 4.49. The zero-order valence-corrected chi connectivity index (χ0v) is 10.3. The minimum Gasteiger partial charge on any atom is -0.383 e. The first kappa shape index (κ1) is 11.3. The maximum Gasteiger partial charge on any atom is 0.184 e. The van der Waals surface area contributed by atoms with Crippen LogP contribution in [0, 0.1) is 6.92 Å². The predicted octanol–water partition coefficient (Wildman–Crippen LogP) is 1.82. The number of hydrogen-bond acceptors (Lipinski definition) is 5. The maximum absolute atomic E-state index is 5.96. The summed E-state index contributed by atoms with van der Waals surface area (Å²) in [5.74, 6) is 0.919. The van der Waals surface area contributed by atoms with Gasteiger partial charge < -0.3 is 5.73 Å². The van der Waals surface area contributed by atoms with Gasteiger partial charge in [-0.3, -0.25) is 0 Å². The van der Waals surface area contributed by atoms with Crippen LogP contribution in [0.1, 0.15) is 5.56 Å². The molecule has 0 amide bonds. The Labute approximate surface area is 109 Å². The molecule has 0 aliphatic heterocycles. The first-order chi connectivity index (χ1) is 9.25. The van der Waals surface area contributed by atoms with Crippen molar-refractivity contribution in [1.82, 2.24) is 25.4 Å². The van der Waals surface area contributed by atoms with Crippen molar-refractivity contribution in [2.75, 3.05) is 5.73 Å². The number of nitrogens with one attached hydrogen (secondary N) is 1. The molecule has 3 N–H and O–H groups in total. The van der Waals surface area contributed by atoms with Gasteiger partial charge in [0, 0.05) is 11.1 Å². The van der Waals surface area contributed by atoms with Gasteiger partial charge in [-0.2, -0.15) is 15.4 Å². The van der Waals surface area contributed by atoms with Crippen LogP contribution in [0.25, 0.3) is 22.8 Å². The van der Waals surface area contributed by atoms with Crippen molar-refractivity contribution in [3.8, 4) is 22.8 Å². The van der Waals surface area contributed by atoms with E-state index >= 15 is 0 Å². The van der Waals surface area contributed by atoms with E-state index in [4.69, 9.17) is 5.73 Å². The second-order valence-corrected chi connectivity index (χ2v) is 4.13. The van der Waals surface area contributed by atoms with E-state index in [1.807, 2.05) is 37.3 Å². The number of benzene rings is 1. The summed E-state index contributed by atoms with van der Waals surface area (Å²) in [6.45, 7) is 1.91. The third kappa shape index (κ3) is 2.03. The fourth-order valence-electron chi connectivity index (χ4n) is 1.83. The summed E-state index contributed by atoms with van der Waals surface area (Å²) < 4.78 is 0. The molecule has 0 spiro atoms. The van der Waals surface area contributed by atoms with Crippen LogP contribution < -0.4 is 5.73 Å². The molecule has 3 rings (SSSR count). The summed E-state index contributed by atoms with van der Waals surface area (Å²) in [5, 5.41) is 10.3. The van der Waals surface area contributed by atoms with Crippen LogP contribution in [-0.2, 0) is 0 Å². The molecular formula is C13H12N6. The van der Waals surface area contributed by atoms with Gasteiger partial charge in [-0.05, 0) is 6.92 Å². The topological polar surface area (TPSA) is 93.4 Å². The molecule has 0 saturated heterocycles. The molecule has 19 heavy (non-hydrogen) atoms. The molecule has 1 aromatic carbocycles. The number of nitrogens with two attached hydrogens (primary N) is 1. The summed E-state index contributed by atoms with van der Waals surface area (Å²) in [7, 11) is 0. The average Bonchev–Trinajstić information content (AvgIpc) is 2.97. The smallest absolute Gasteiger partial charge is 0.184 e. The quantitative estimate of drug-likeness (QED) is 0.725. The van der Waals surface area contributed by atoms with Crippen molar-refractivity contribution in [3.05, 3.63) is 42.1 Å². The number of nitrogen functional groups attached to an aromatic ring is 1. The molecule has 6 nitrogen and oxygen atoms in total. The minimum atomic E-state index is 0.451. The van der Waals surface area contributed by atoms with Crippen molar-refractivity contribution in [3.63, 3.8) is 0 Å². The van der Waals surface area contributed by atoms with Gasteiger partial charge in [-0.25, -0.2) is 9.97 Å². The number of nitrogens with zero attached hydrogens (tertiary/aromatic N) is 4. The van der Waals surface area contributed by atoms with E-state index in [2.05, 4.69) is 25.4 Å². The molecule has 0 atom stereocenters. The Balaban J connectivity index is 2.20. The van der Waals surface area contributed by atoms with E-state index in [1.165, 1.54) is 0 Å². The zero-order chi connectivity index (χ0) is 13.2. The molecule has 0 fully saturated rings. The summed E-state index contributed by atoms with van der Waals surface area (Å²) in [6.07, 6.45) is 1.57. The van der Waals surface area contributed by atoms with Gasteiger partial charge in [-0.15, -0.1) is 0 Å². The number of hydrogen-bond donors (Lipinski definition) is 2. The highest BCUT2D eigenvalue weighted by atomic mass is 15.3. The highest BCUT2D eigenvalue weighted by Gasteiger charge is 2.13. The Kier molecular flexibility index (Phi) is 2.68. The third-order valence-corrected chi connectivity index (χ3v) is 2.87. The largest absolute Gasteiger partial charge is 0.383 e. The lowest BCUT2D eigenvalue weighted by molar-refractivity contribution is 0.938. The molecular weight excluding hydrogens is 240 g/mol. The van der Waals surface area contributed by atoms with Crippen LogP contribution in [0.3, 0.4) is 0 Å². The lowest BCUT2D eigenvalue weighted by Crippen LogP contribution is -2.02. The summed E-state index contributed by atoms with van der Waals surface area (Å²) in [6, 6.07) is 9.86. The summed E-state index contributed by atoms with van der Waals surface area (Å²) in [5.41, 5.74) is 9.20. The number of rotatable bonds is 2. The molecule has 0 bridgehead atoms. The van der Waals surface area contributed by atoms with Crippen LogP contribution >= 0.6 is 0 Å². The molecule has 2 heterocycles. The Morgan fingerprint density at radius 2 is 1.89 bits per heavy atom. The molecule has 0 radical (unpaired) electrons. The molecule has 0 aliphatic rings. The first-order valence-electron chi connectivity index (χ1n) is 5.81. The lowest BCUT2D eigenvalue weighted by atomic mass is 10.1. The van der Waals surface area contributed by atoms with E-state index in [9.17, 15) is 0 Å². The van der Waals surface area contributed by atoms with Gasteiger partial charge in [0.05, 0.1) is 11.9 Å². The van der Waals surface area contributed by atoms with Crippen molar-refractivity contribution >= 4 is 5.82 Å². The third-order valence-electron chi connectivity index (χ3n) is 2.87. The van der Waals surface area contributed by atoms with E-state index in [1.54, 1.807) is 6.20 Å². The summed E-state index contributed by atoms with van der Waals surface area (Å²) in [4.78, 5) is 8.78. The van der Waals surface area contributed by atoms with Crippen LogP contribution in [0.2, 0.25) is 0 Å². The highest BCUT2D eigenvalue weighted by Crippen LogP contribution is 2.26. The zero-order valence-electron chi connectivity index (χ0n) is 10.3. The van der Waals surface area contributed by atoms with Gasteiger partial charge in [-0.1, -0.05) is 30.3 Å². The van der Waals surface area contributed by atoms with Crippen molar-refractivity contribution in [2.24, 2.45) is 0 Å². The Morgan fingerprint density at radius 3 is 2.58 bits per heavy atom. The van der Waals surface area contributed by atoms with Gasteiger partial charge in [0.2, 0.25) is 0 Å². The molecule has 3 aromatic rings. The van der Waals surface area contributed by atoms with Gasteiger partial charge in [0.25, 0.3) is 0 Å². The number of aromatic nitrogens is 5. The fraction of sp³-hybridized carbons (Fsp3) is 0.0769. The number of H-pyrrole nitrogens is 1. The minimum absolute atomic E-state index is 0.451. The maximum atomic E-state index is 5.96. The lowest BCUT2D eigenvalue weighted by Gasteiger charge is -2.08. The Hall–Kier alpha value is -2.76. The van der Waals surface area contributed by atoms with Crippen molar-refractivity contribution < 1.29 is 0 Å². The van der Waals surface area contributed by atoms with Crippen LogP contribution in [0.15, 0.2) is 36.5 Å². The number of aromatic amines is 1. The molecule has 0 unspecified atom stereocenters. The highest BCUT2D eigenvalue weighted by molar-refractivity contribution is 5.69. The molecule has 6 heteroatoms. The van der Waals surface area contributed by atoms with Crippen molar-refractivity contribution in [1.29, 1.82) is 0 Å². The predicted molar refractivity (Wildman–Crippen MR) is 72.0 cm³/mol. The van der Waals surface area contributed by atoms with E-state index < -0.39 is 0 Å². The van der Waals surface area contributed by atoms with E-state index in [-0.39, 0.29) is 0 Å². The van der Waals surface area contributed by atoms with Crippen LogP contribution in [-0.4, -0.2) is 25.4 Å². The normalized spacial score (nSPS) is 10.6. The SMILES string of the molecule is Cc1c(N)nc(-c2cn[nH]n2)nc1-c1ccccc1. The first-order valence-corrected chi connectivity index (χ1v) is 5.81. The summed E-state index contributed by atoms with van der Waals surface area (Å²) >= 11 is 0. The second-order valence-electron chi connectivity index (χ2n) is 4.13. The van der Waals surface area contributed by atoms with Gasteiger partial charge in [0.1, 0.15) is 11.5 Å². The average molecular weight is 252 g/mol. The van der Waals surface area contributed by atoms with Crippen LogP contribution in [0.4, 0.5) is 5.82 Å². The van der Waals surface area contributed by atoms with E-state index in [0.717, 1.165) is 16.8 Å². The van der Waals surface area contributed by atoms with Crippen LogP contribution in [0.5, 0.6) is 0 Å². The van der Waals surface area contributed by atoms with Crippen molar-refractivity contribution in [2.45, 2.75) is 6.92 Å². The van der Waals surface area contributed by atoms with Gasteiger partial charge >= 0.3 is 0 Å². The van der Waals surface area contributed by atoms with E-state index in [0.29, 0.717) is 17.3 Å².